The minimum atomic E-state index is -0.317. The third-order valence-corrected chi connectivity index (χ3v) is 4.44. The Kier molecular flexibility index (Phi) is 5.16. The van der Waals surface area contributed by atoms with Crippen LogP contribution < -0.4 is 4.74 Å². The van der Waals surface area contributed by atoms with Crippen LogP contribution in [0.25, 0.3) is 0 Å². The van der Waals surface area contributed by atoms with E-state index in [1.807, 2.05) is 16.8 Å². The lowest BCUT2D eigenvalue weighted by atomic mass is 10.0. The van der Waals surface area contributed by atoms with E-state index in [0.29, 0.717) is 19.0 Å². The molecule has 1 saturated heterocycles. The number of aliphatic hydroxyl groups is 1. The Bertz CT molecular complexity index is 671. The van der Waals surface area contributed by atoms with Gasteiger partial charge in [-0.15, -0.1) is 0 Å². The number of benzene rings is 1. The molecule has 2 heterocycles. The van der Waals surface area contributed by atoms with Crippen LogP contribution in [0, 0.1) is 5.92 Å². The number of ether oxygens (including phenoxy) is 1. The van der Waals surface area contributed by atoms with Gasteiger partial charge < -0.3 is 9.84 Å². The molecular weight excluding hydrogens is 304 g/mol. The minimum Gasteiger partial charge on any atom is -0.497 e. The Hall–Kier alpha value is -1.92. The molecule has 6 heteroatoms. The molecule has 1 aliphatic rings. The van der Waals surface area contributed by atoms with E-state index in [2.05, 4.69) is 41.0 Å². The summed E-state index contributed by atoms with van der Waals surface area (Å²) >= 11 is 0. The second kappa shape index (κ2) is 7.32. The van der Waals surface area contributed by atoms with Crippen molar-refractivity contribution in [2.75, 3.05) is 13.7 Å². The number of hydrogen-bond donors (Lipinski definition) is 1. The van der Waals surface area contributed by atoms with Gasteiger partial charge in [0.25, 0.3) is 0 Å². The van der Waals surface area contributed by atoms with Crippen molar-refractivity contribution in [1.82, 2.24) is 19.7 Å². The first-order valence-electron chi connectivity index (χ1n) is 8.49. The van der Waals surface area contributed by atoms with Crippen molar-refractivity contribution in [2.45, 2.75) is 45.5 Å². The number of methoxy groups -OCH3 is 1. The molecule has 0 amide bonds. The second-order valence-corrected chi connectivity index (χ2v) is 6.86. The lowest BCUT2D eigenvalue weighted by Crippen LogP contribution is -2.26. The van der Waals surface area contributed by atoms with E-state index in [-0.39, 0.29) is 12.1 Å². The summed E-state index contributed by atoms with van der Waals surface area (Å²) in [5.74, 6) is 2.31. The van der Waals surface area contributed by atoms with Crippen molar-refractivity contribution < 1.29 is 9.84 Å². The van der Waals surface area contributed by atoms with E-state index >= 15 is 0 Å². The topological polar surface area (TPSA) is 63.4 Å². The van der Waals surface area contributed by atoms with E-state index in [1.165, 1.54) is 5.56 Å². The molecule has 2 atom stereocenters. The lowest BCUT2D eigenvalue weighted by Gasteiger charge is -2.24. The van der Waals surface area contributed by atoms with Gasteiger partial charge in [0.15, 0.2) is 0 Å². The predicted molar refractivity (Wildman–Crippen MR) is 91.6 cm³/mol. The Balaban J connectivity index is 1.79. The zero-order chi connectivity index (χ0) is 17.1. The smallest absolute Gasteiger partial charge is 0.141 e. The van der Waals surface area contributed by atoms with Crippen molar-refractivity contribution in [1.29, 1.82) is 0 Å². The van der Waals surface area contributed by atoms with Crippen molar-refractivity contribution in [2.24, 2.45) is 5.92 Å². The van der Waals surface area contributed by atoms with Crippen LogP contribution in [-0.2, 0) is 13.1 Å². The highest BCUT2D eigenvalue weighted by Gasteiger charge is 2.33. The predicted octanol–water partition coefficient (Wildman–Crippen LogP) is 2.25. The summed E-state index contributed by atoms with van der Waals surface area (Å²) in [5.41, 5.74) is 1.17. The minimum absolute atomic E-state index is 0.166. The highest BCUT2D eigenvalue weighted by atomic mass is 16.5. The van der Waals surface area contributed by atoms with E-state index in [4.69, 9.17) is 4.74 Å². The van der Waals surface area contributed by atoms with Gasteiger partial charge in [-0.3, -0.25) is 4.90 Å². The summed E-state index contributed by atoms with van der Waals surface area (Å²) in [6, 6.07) is 8.25. The quantitative estimate of drug-likeness (QED) is 0.880. The molecule has 0 bridgehead atoms. The monoisotopic (exact) mass is 330 g/mol. The normalized spacial score (nSPS) is 21.5. The van der Waals surface area contributed by atoms with Gasteiger partial charge in [0.1, 0.15) is 17.9 Å². The van der Waals surface area contributed by atoms with Crippen LogP contribution in [0.3, 0.4) is 0 Å². The maximum Gasteiger partial charge on any atom is 0.141 e. The maximum atomic E-state index is 10.2. The molecule has 0 saturated carbocycles. The van der Waals surface area contributed by atoms with E-state index < -0.39 is 0 Å². The van der Waals surface area contributed by atoms with Crippen molar-refractivity contribution in [3.63, 3.8) is 0 Å². The summed E-state index contributed by atoms with van der Waals surface area (Å²) in [6.07, 6.45) is 2.03. The number of rotatable bonds is 6. The fraction of sp³-hybridized carbons (Fsp3) is 0.556. The van der Waals surface area contributed by atoms with Gasteiger partial charge in [-0.1, -0.05) is 26.0 Å². The fourth-order valence-corrected chi connectivity index (χ4v) is 3.34. The summed E-state index contributed by atoms with van der Waals surface area (Å²) < 4.78 is 7.31. The van der Waals surface area contributed by atoms with Crippen LogP contribution >= 0.6 is 0 Å². The molecule has 0 unspecified atom stereocenters. The Morgan fingerprint density at radius 3 is 2.96 bits per heavy atom. The maximum absolute atomic E-state index is 10.2. The van der Waals surface area contributed by atoms with E-state index in [9.17, 15) is 5.11 Å². The van der Waals surface area contributed by atoms with E-state index in [1.54, 1.807) is 13.4 Å². The zero-order valence-corrected chi connectivity index (χ0v) is 14.6. The SMILES string of the molecule is COc1cccc([C@@H]2C[C@H](O)CN2Cc2ncnn2CC(C)C)c1. The average molecular weight is 330 g/mol. The highest BCUT2D eigenvalue weighted by molar-refractivity contribution is 5.31. The standard InChI is InChI=1S/C18H26N4O2/c1-13(2)9-22-18(19-12-20-22)11-21-10-15(23)8-17(21)14-5-4-6-16(7-14)24-3/h4-7,12-13,15,17,23H,8-11H2,1-3H3/t15-,17-/m0/s1. The first-order chi connectivity index (χ1) is 11.6. The van der Waals surface area contributed by atoms with Gasteiger partial charge >= 0.3 is 0 Å². The van der Waals surface area contributed by atoms with Crippen LogP contribution in [0.1, 0.15) is 37.7 Å². The molecule has 1 fully saturated rings. The molecule has 0 aliphatic carbocycles. The summed E-state index contributed by atoms with van der Waals surface area (Å²) in [4.78, 5) is 6.70. The average Bonchev–Trinajstić information content (AvgIpc) is 3.14. The molecule has 2 aromatic rings. The third-order valence-electron chi connectivity index (χ3n) is 4.44. The molecule has 6 nitrogen and oxygen atoms in total. The summed E-state index contributed by atoms with van der Waals surface area (Å²) in [6.45, 7) is 6.53. The molecule has 0 radical (unpaired) electrons. The number of likely N-dealkylation sites (tertiary alicyclic amines) is 1. The number of nitrogens with zero attached hydrogens (tertiary/aromatic N) is 4. The number of aromatic nitrogens is 3. The van der Waals surface area contributed by atoms with Gasteiger partial charge in [0.05, 0.1) is 19.8 Å². The first-order valence-corrected chi connectivity index (χ1v) is 8.49. The summed E-state index contributed by atoms with van der Waals surface area (Å²) in [5, 5.41) is 14.5. The van der Waals surface area contributed by atoms with Crippen LogP contribution in [0.15, 0.2) is 30.6 Å². The molecular formula is C18H26N4O2. The highest BCUT2D eigenvalue weighted by Crippen LogP contribution is 2.34. The van der Waals surface area contributed by atoms with Crippen molar-refractivity contribution in [3.05, 3.63) is 42.0 Å². The summed E-state index contributed by atoms with van der Waals surface area (Å²) in [7, 11) is 1.68. The van der Waals surface area contributed by atoms with Gasteiger partial charge in [0.2, 0.25) is 0 Å². The van der Waals surface area contributed by atoms with Crippen LogP contribution in [-0.4, -0.2) is 44.5 Å². The molecule has 3 rings (SSSR count). The molecule has 24 heavy (non-hydrogen) atoms. The first kappa shape index (κ1) is 16.9. The fourth-order valence-electron chi connectivity index (χ4n) is 3.34. The zero-order valence-electron chi connectivity index (χ0n) is 14.6. The van der Waals surface area contributed by atoms with Crippen LogP contribution in [0.4, 0.5) is 0 Å². The number of aliphatic hydroxyl groups excluding tert-OH is 1. The van der Waals surface area contributed by atoms with Gasteiger partial charge in [-0.05, 0) is 30.0 Å². The number of hydrogen-bond acceptors (Lipinski definition) is 5. The van der Waals surface area contributed by atoms with Gasteiger partial charge in [-0.25, -0.2) is 9.67 Å². The Morgan fingerprint density at radius 2 is 2.21 bits per heavy atom. The van der Waals surface area contributed by atoms with Gasteiger partial charge in [0, 0.05) is 19.1 Å². The molecule has 1 aromatic carbocycles. The van der Waals surface area contributed by atoms with E-state index in [0.717, 1.165) is 24.5 Å². The van der Waals surface area contributed by atoms with Crippen molar-refractivity contribution >= 4 is 0 Å². The molecule has 0 spiro atoms. The van der Waals surface area contributed by atoms with Crippen LogP contribution in [0.5, 0.6) is 5.75 Å². The third kappa shape index (κ3) is 3.76. The number of β-amino-alcohol motifs (C(OH)–C–C–N with tert-alkyl or cyclic N) is 1. The van der Waals surface area contributed by atoms with Gasteiger partial charge in [-0.2, -0.15) is 5.10 Å². The largest absolute Gasteiger partial charge is 0.497 e. The Labute approximate surface area is 143 Å². The second-order valence-electron chi connectivity index (χ2n) is 6.86. The lowest BCUT2D eigenvalue weighted by molar-refractivity contribution is 0.170. The molecule has 1 aromatic heterocycles. The Morgan fingerprint density at radius 1 is 1.38 bits per heavy atom. The molecule has 130 valence electrons. The van der Waals surface area contributed by atoms with Crippen molar-refractivity contribution in [3.8, 4) is 5.75 Å². The molecule has 1 N–H and O–H groups in total. The molecule has 1 aliphatic heterocycles. The van der Waals surface area contributed by atoms with Crippen LogP contribution in [0.2, 0.25) is 0 Å².